The van der Waals surface area contributed by atoms with E-state index in [-0.39, 0.29) is 5.60 Å². The van der Waals surface area contributed by atoms with E-state index in [4.69, 9.17) is 4.74 Å². The summed E-state index contributed by atoms with van der Waals surface area (Å²) in [5.74, 6) is 0. The van der Waals surface area contributed by atoms with Gasteiger partial charge < -0.3 is 4.74 Å². The standard InChI is InChI=1S/C15H19NO.4C2H6/c1-16-11-5-9-15(10-6-12-17-15)14(16)13-7-3-2-4-8-13;4*1-2/h2-4,6-8,10,14H,5,9,11-12H2,1H3;4*1-2H3. The normalized spacial score (nSPS) is 23.6. The molecule has 2 heteroatoms. The highest BCUT2D eigenvalue weighted by atomic mass is 16.5. The molecule has 2 atom stereocenters. The van der Waals surface area contributed by atoms with E-state index in [1.54, 1.807) is 0 Å². The van der Waals surface area contributed by atoms with Crippen molar-refractivity contribution in [2.45, 2.75) is 79.9 Å². The molecule has 0 amide bonds. The van der Waals surface area contributed by atoms with Gasteiger partial charge in [-0.05, 0) is 32.0 Å². The average Bonchev–Trinajstić information content (AvgIpc) is 3.17. The molecule has 0 aliphatic carbocycles. The van der Waals surface area contributed by atoms with Crippen LogP contribution in [0.4, 0.5) is 0 Å². The zero-order chi connectivity index (χ0) is 19.7. The molecule has 146 valence electrons. The first-order chi connectivity index (χ1) is 12.3. The molecule has 1 aromatic rings. The van der Waals surface area contributed by atoms with Crippen molar-refractivity contribution < 1.29 is 4.74 Å². The SMILES string of the molecule is CC.CC.CC.CC.CN1CCCC2(C=CCO2)C1c1ccccc1. The number of likely N-dealkylation sites (tertiary alicyclic amines) is 1. The van der Waals surface area contributed by atoms with E-state index < -0.39 is 0 Å². The van der Waals surface area contributed by atoms with Crippen molar-refractivity contribution in [3.05, 3.63) is 48.0 Å². The van der Waals surface area contributed by atoms with Gasteiger partial charge in [0.1, 0.15) is 5.60 Å². The minimum atomic E-state index is -0.0889. The highest BCUT2D eigenvalue weighted by Gasteiger charge is 2.44. The lowest BCUT2D eigenvalue weighted by atomic mass is 9.81. The van der Waals surface area contributed by atoms with E-state index in [9.17, 15) is 0 Å². The molecule has 1 saturated heterocycles. The number of likely N-dealkylation sites (N-methyl/N-ethyl adjacent to an activating group) is 1. The van der Waals surface area contributed by atoms with E-state index in [0.29, 0.717) is 6.04 Å². The van der Waals surface area contributed by atoms with Gasteiger partial charge in [0.25, 0.3) is 0 Å². The van der Waals surface area contributed by atoms with Crippen molar-refractivity contribution in [2.24, 2.45) is 0 Å². The number of ether oxygens (including phenoxy) is 1. The van der Waals surface area contributed by atoms with Crippen LogP contribution in [0.25, 0.3) is 0 Å². The predicted molar refractivity (Wildman–Crippen MR) is 114 cm³/mol. The van der Waals surface area contributed by atoms with Crippen LogP contribution in [-0.4, -0.2) is 30.7 Å². The molecule has 0 N–H and O–H groups in total. The van der Waals surface area contributed by atoms with Crippen molar-refractivity contribution in [3.8, 4) is 0 Å². The van der Waals surface area contributed by atoms with Gasteiger partial charge in [-0.3, -0.25) is 4.90 Å². The second-order valence-electron chi connectivity index (χ2n) is 5.07. The summed E-state index contributed by atoms with van der Waals surface area (Å²) in [5, 5.41) is 0. The lowest BCUT2D eigenvalue weighted by molar-refractivity contribution is -0.0702. The molecule has 1 fully saturated rings. The summed E-state index contributed by atoms with van der Waals surface area (Å²) in [7, 11) is 2.20. The molecule has 2 aliphatic rings. The molecule has 25 heavy (non-hydrogen) atoms. The first-order valence-corrected chi connectivity index (χ1v) is 10.4. The van der Waals surface area contributed by atoms with Crippen LogP contribution < -0.4 is 0 Å². The van der Waals surface area contributed by atoms with Gasteiger partial charge in [0.2, 0.25) is 0 Å². The summed E-state index contributed by atoms with van der Waals surface area (Å²) >= 11 is 0. The summed E-state index contributed by atoms with van der Waals surface area (Å²) in [4.78, 5) is 2.43. The van der Waals surface area contributed by atoms with Gasteiger partial charge in [-0.2, -0.15) is 0 Å². The van der Waals surface area contributed by atoms with E-state index in [2.05, 4.69) is 54.4 Å². The maximum absolute atomic E-state index is 6.07. The van der Waals surface area contributed by atoms with Crippen molar-refractivity contribution in [2.75, 3.05) is 20.2 Å². The van der Waals surface area contributed by atoms with Crippen molar-refractivity contribution in [3.63, 3.8) is 0 Å². The Bertz CT molecular complexity index is 415. The largest absolute Gasteiger partial charge is 0.365 e. The van der Waals surface area contributed by atoms with Crippen LogP contribution in [-0.2, 0) is 4.74 Å². The fourth-order valence-electron chi connectivity index (χ4n) is 3.24. The van der Waals surface area contributed by atoms with Crippen LogP contribution in [0.3, 0.4) is 0 Å². The fourth-order valence-corrected chi connectivity index (χ4v) is 3.24. The van der Waals surface area contributed by atoms with Gasteiger partial charge in [-0.15, -0.1) is 0 Å². The molecule has 2 nitrogen and oxygen atoms in total. The molecule has 1 aromatic carbocycles. The van der Waals surface area contributed by atoms with Gasteiger partial charge in [0.05, 0.1) is 12.6 Å². The fraction of sp³-hybridized carbons (Fsp3) is 0.652. The van der Waals surface area contributed by atoms with Crippen LogP contribution in [0, 0.1) is 0 Å². The Morgan fingerprint density at radius 1 is 0.920 bits per heavy atom. The van der Waals surface area contributed by atoms with Crippen molar-refractivity contribution >= 4 is 0 Å². The van der Waals surface area contributed by atoms with Crippen LogP contribution in [0.1, 0.15) is 79.8 Å². The highest BCUT2D eigenvalue weighted by Crippen LogP contribution is 2.43. The third kappa shape index (κ3) is 7.33. The predicted octanol–water partition coefficient (Wildman–Crippen LogP) is 6.88. The second kappa shape index (κ2) is 16.4. The second-order valence-corrected chi connectivity index (χ2v) is 5.07. The van der Waals surface area contributed by atoms with Gasteiger partial charge >= 0.3 is 0 Å². The quantitative estimate of drug-likeness (QED) is 0.512. The molecule has 0 aromatic heterocycles. The smallest absolute Gasteiger partial charge is 0.106 e. The molecule has 2 unspecified atom stereocenters. The van der Waals surface area contributed by atoms with Crippen molar-refractivity contribution in [1.82, 2.24) is 4.90 Å². The first kappa shape index (κ1) is 26.1. The molecule has 0 saturated carbocycles. The van der Waals surface area contributed by atoms with E-state index in [1.807, 2.05) is 55.4 Å². The summed E-state index contributed by atoms with van der Waals surface area (Å²) in [6.07, 6.45) is 6.78. The lowest BCUT2D eigenvalue weighted by Crippen LogP contribution is -2.48. The van der Waals surface area contributed by atoms with Gasteiger partial charge in [0, 0.05) is 0 Å². The molecule has 0 radical (unpaired) electrons. The third-order valence-electron chi connectivity index (χ3n) is 3.95. The van der Waals surface area contributed by atoms with Crippen LogP contribution in [0.2, 0.25) is 0 Å². The monoisotopic (exact) mass is 349 g/mol. The number of benzene rings is 1. The Morgan fingerprint density at radius 2 is 1.48 bits per heavy atom. The van der Waals surface area contributed by atoms with Gasteiger partial charge in [0.15, 0.2) is 0 Å². The minimum Gasteiger partial charge on any atom is -0.365 e. The van der Waals surface area contributed by atoms with E-state index >= 15 is 0 Å². The Kier molecular flexibility index (Phi) is 17.1. The lowest BCUT2D eigenvalue weighted by Gasteiger charge is -2.45. The summed E-state index contributed by atoms with van der Waals surface area (Å²) < 4.78 is 6.07. The maximum atomic E-state index is 6.07. The van der Waals surface area contributed by atoms with Crippen LogP contribution in [0.5, 0.6) is 0 Å². The molecule has 2 heterocycles. The highest BCUT2D eigenvalue weighted by molar-refractivity contribution is 5.28. The Morgan fingerprint density at radius 3 is 1.96 bits per heavy atom. The number of nitrogens with zero attached hydrogens (tertiary/aromatic N) is 1. The number of hydrogen-bond acceptors (Lipinski definition) is 2. The molecular weight excluding hydrogens is 306 g/mol. The summed E-state index contributed by atoms with van der Waals surface area (Å²) in [6.45, 7) is 17.9. The molecule has 2 aliphatic heterocycles. The zero-order valence-corrected chi connectivity index (χ0v) is 18.3. The maximum Gasteiger partial charge on any atom is 0.106 e. The molecule has 1 spiro atoms. The van der Waals surface area contributed by atoms with E-state index in [0.717, 1.165) is 19.6 Å². The van der Waals surface area contributed by atoms with Crippen LogP contribution in [0.15, 0.2) is 42.5 Å². The topological polar surface area (TPSA) is 12.5 Å². The molecular formula is C23H43NO. The zero-order valence-electron chi connectivity index (χ0n) is 18.3. The number of rotatable bonds is 1. The van der Waals surface area contributed by atoms with Gasteiger partial charge in [-0.1, -0.05) is 97.9 Å². The molecule has 0 bridgehead atoms. The Hall–Kier alpha value is -1.12. The summed E-state index contributed by atoms with van der Waals surface area (Å²) in [6, 6.07) is 11.1. The molecule has 3 rings (SSSR count). The Labute approximate surface area is 158 Å². The summed E-state index contributed by atoms with van der Waals surface area (Å²) in [5.41, 5.74) is 1.27. The number of piperidine rings is 1. The Balaban J connectivity index is 0. The number of hydrogen-bond donors (Lipinski definition) is 0. The van der Waals surface area contributed by atoms with Crippen LogP contribution >= 0.6 is 0 Å². The van der Waals surface area contributed by atoms with Gasteiger partial charge in [-0.25, -0.2) is 0 Å². The van der Waals surface area contributed by atoms with Crippen molar-refractivity contribution in [1.29, 1.82) is 0 Å². The minimum absolute atomic E-state index is 0.0889. The first-order valence-electron chi connectivity index (χ1n) is 10.4. The van der Waals surface area contributed by atoms with E-state index in [1.165, 1.54) is 12.0 Å². The third-order valence-corrected chi connectivity index (χ3v) is 3.95. The average molecular weight is 350 g/mol.